The van der Waals surface area contributed by atoms with Gasteiger partial charge in [0.05, 0.1) is 6.61 Å². The fourth-order valence-electron chi connectivity index (χ4n) is 5.47. The lowest BCUT2D eigenvalue weighted by molar-refractivity contribution is -0.697. The Morgan fingerprint density at radius 1 is 0.682 bits per heavy atom. The predicted octanol–water partition coefficient (Wildman–Crippen LogP) is 8.05. The number of carbonyl (C=O) groups is 3. The van der Waals surface area contributed by atoms with Crippen molar-refractivity contribution in [3.05, 3.63) is 30.1 Å². The number of amides is 2. The molecule has 0 radical (unpaired) electrons. The maximum absolute atomic E-state index is 12.5. The molecule has 2 amide bonds. The molecular weight excluding hydrogens is 550 g/mol. The third-order valence-corrected chi connectivity index (χ3v) is 8.28. The van der Waals surface area contributed by atoms with Crippen LogP contribution in [0, 0.1) is 6.92 Å². The van der Waals surface area contributed by atoms with E-state index in [1.165, 1.54) is 82.6 Å². The third-order valence-electron chi connectivity index (χ3n) is 8.28. The summed E-state index contributed by atoms with van der Waals surface area (Å²) in [6.45, 7) is 8.12. The molecule has 0 saturated heterocycles. The summed E-state index contributed by atoms with van der Waals surface area (Å²) in [4.78, 5) is 37.1. The van der Waals surface area contributed by atoms with Crippen LogP contribution in [0.1, 0.15) is 161 Å². The van der Waals surface area contributed by atoms with E-state index in [4.69, 9.17) is 4.74 Å². The fourth-order valence-corrected chi connectivity index (χ4v) is 5.47. The van der Waals surface area contributed by atoms with Gasteiger partial charge in [0.15, 0.2) is 12.4 Å². The first-order valence-electron chi connectivity index (χ1n) is 18.1. The first-order valence-corrected chi connectivity index (χ1v) is 18.1. The monoisotopic (exact) mass is 617 g/mol. The maximum atomic E-state index is 12.5. The third kappa shape index (κ3) is 23.0. The Morgan fingerprint density at radius 3 is 1.77 bits per heavy atom. The van der Waals surface area contributed by atoms with E-state index < -0.39 is 6.04 Å². The molecule has 1 rings (SSSR count). The number of ether oxygens (including phenoxy) is 1. The van der Waals surface area contributed by atoms with Crippen molar-refractivity contribution in [2.24, 2.45) is 0 Å². The van der Waals surface area contributed by atoms with Crippen LogP contribution in [0.3, 0.4) is 0 Å². The Hall–Kier alpha value is -2.44. The van der Waals surface area contributed by atoms with Crippen LogP contribution in [0.5, 0.6) is 0 Å². The van der Waals surface area contributed by atoms with Gasteiger partial charge in [-0.2, -0.15) is 0 Å². The molecule has 7 nitrogen and oxygen atoms in total. The van der Waals surface area contributed by atoms with Crippen molar-refractivity contribution < 1.29 is 23.7 Å². The van der Waals surface area contributed by atoms with Gasteiger partial charge in [0.1, 0.15) is 12.6 Å². The summed E-state index contributed by atoms with van der Waals surface area (Å²) in [5.74, 6) is -0.331. The second kappa shape index (κ2) is 28.1. The Bertz CT molecular complexity index is 859. The molecule has 0 aliphatic rings. The summed E-state index contributed by atoms with van der Waals surface area (Å²) < 4.78 is 7.45. The van der Waals surface area contributed by atoms with Gasteiger partial charge in [-0.25, -0.2) is 9.36 Å². The lowest BCUT2D eigenvalue weighted by Crippen LogP contribution is -2.41. The van der Waals surface area contributed by atoms with E-state index >= 15 is 0 Å². The van der Waals surface area contributed by atoms with E-state index in [-0.39, 0.29) is 17.8 Å². The Kier molecular flexibility index (Phi) is 25.2. The van der Waals surface area contributed by atoms with Gasteiger partial charge in [-0.3, -0.25) is 9.59 Å². The van der Waals surface area contributed by atoms with Gasteiger partial charge in [-0.1, -0.05) is 90.4 Å². The second-order valence-corrected chi connectivity index (χ2v) is 12.5. The molecule has 1 unspecified atom stereocenters. The van der Waals surface area contributed by atoms with Crippen LogP contribution < -0.4 is 15.2 Å². The van der Waals surface area contributed by atoms with Gasteiger partial charge in [-0.05, 0) is 57.9 Å². The Morgan fingerprint density at radius 2 is 1.20 bits per heavy atom. The largest absolute Gasteiger partial charge is 0.464 e. The van der Waals surface area contributed by atoms with Crippen LogP contribution >= 0.6 is 0 Å². The molecule has 7 heteroatoms. The molecule has 0 saturated carbocycles. The van der Waals surface area contributed by atoms with E-state index in [9.17, 15) is 14.4 Å². The van der Waals surface area contributed by atoms with Crippen molar-refractivity contribution in [1.82, 2.24) is 10.6 Å². The minimum absolute atomic E-state index is 0.0779. The highest BCUT2D eigenvalue weighted by Gasteiger charge is 2.21. The molecule has 1 aromatic rings. The first kappa shape index (κ1) is 39.6. The number of carbonyl (C=O) groups excluding carboxylic acids is 3. The van der Waals surface area contributed by atoms with E-state index in [1.807, 2.05) is 0 Å². The molecule has 0 aliphatic heterocycles. The summed E-state index contributed by atoms with van der Waals surface area (Å²) in [6.07, 6.45) is 27.8. The molecule has 0 bridgehead atoms. The van der Waals surface area contributed by atoms with Crippen LogP contribution in [0.25, 0.3) is 0 Å². The van der Waals surface area contributed by atoms with Gasteiger partial charge in [0.25, 0.3) is 0 Å². The van der Waals surface area contributed by atoms with E-state index in [0.29, 0.717) is 32.4 Å². The zero-order chi connectivity index (χ0) is 32.1. The predicted molar refractivity (Wildman–Crippen MR) is 180 cm³/mol. The van der Waals surface area contributed by atoms with Gasteiger partial charge in [-0.15, -0.1) is 0 Å². The van der Waals surface area contributed by atoms with Crippen LogP contribution in [0.2, 0.25) is 0 Å². The number of hydrogen-bond acceptors (Lipinski definition) is 4. The molecule has 0 aromatic carbocycles. The van der Waals surface area contributed by atoms with Gasteiger partial charge < -0.3 is 15.4 Å². The topological polar surface area (TPSA) is 88.4 Å². The maximum Gasteiger partial charge on any atom is 0.328 e. The summed E-state index contributed by atoms with van der Waals surface area (Å²) >= 11 is 0. The minimum atomic E-state index is -0.613. The van der Waals surface area contributed by atoms with Gasteiger partial charge in [0, 0.05) is 37.9 Å². The molecule has 0 aliphatic carbocycles. The van der Waals surface area contributed by atoms with Crippen molar-refractivity contribution in [3.8, 4) is 0 Å². The standard InChI is InChI=1S/C37H65N3O4/c1-4-6-7-8-9-10-13-16-19-25-35(41)38-29-22-21-24-34(37(43)44-5-2)39-36(42)26-20-17-14-11-12-15-18-23-30-40-31-27-33(3)28-32-40/h27-28,31-32,34H,4-26,29-30H2,1-3H3,(H-,38,39,41,42)/p+1. The van der Waals surface area contributed by atoms with Crippen molar-refractivity contribution in [3.63, 3.8) is 0 Å². The van der Waals surface area contributed by atoms with Crippen molar-refractivity contribution in [2.45, 2.75) is 175 Å². The van der Waals surface area contributed by atoms with E-state index in [0.717, 1.165) is 51.5 Å². The summed E-state index contributed by atoms with van der Waals surface area (Å²) in [5.41, 5.74) is 1.30. The molecule has 1 atom stereocenters. The van der Waals surface area contributed by atoms with Crippen molar-refractivity contribution >= 4 is 17.8 Å². The number of aromatic nitrogens is 1. The van der Waals surface area contributed by atoms with Crippen molar-refractivity contribution in [1.29, 1.82) is 0 Å². The van der Waals surface area contributed by atoms with E-state index in [2.05, 4.69) is 53.6 Å². The minimum Gasteiger partial charge on any atom is -0.464 e. The lowest BCUT2D eigenvalue weighted by Gasteiger charge is -2.17. The number of esters is 1. The number of nitrogens with zero attached hydrogens (tertiary/aromatic N) is 1. The zero-order valence-corrected chi connectivity index (χ0v) is 28.6. The second-order valence-electron chi connectivity index (χ2n) is 12.5. The van der Waals surface area contributed by atoms with Crippen LogP contribution in [0.4, 0.5) is 0 Å². The zero-order valence-electron chi connectivity index (χ0n) is 28.6. The summed E-state index contributed by atoms with van der Waals surface area (Å²) in [7, 11) is 0. The lowest BCUT2D eigenvalue weighted by atomic mass is 10.1. The number of aryl methyl sites for hydroxylation is 2. The molecule has 0 spiro atoms. The average molecular weight is 617 g/mol. The fraction of sp³-hybridized carbons (Fsp3) is 0.784. The average Bonchev–Trinajstić information content (AvgIpc) is 3.01. The molecular formula is C37H66N3O4+. The molecule has 44 heavy (non-hydrogen) atoms. The summed E-state index contributed by atoms with van der Waals surface area (Å²) in [5, 5.41) is 5.90. The highest BCUT2D eigenvalue weighted by molar-refractivity contribution is 5.84. The molecule has 252 valence electrons. The van der Waals surface area contributed by atoms with Crippen LogP contribution in [-0.4, -0.2) is 37.0 Å². The Balaban J connectivity index is 2.06. The number of pyridine rings is 1. The highest BCUT2D eigenvalue weighted by atomic mass is 16.5. The number of rotatable bonds is 29. The smallest absolute Gasteiger partial charge is 0.328 e. The molecule has 1 aromatic heterocycles. The Labute approximate surface area is 269 Å². The van der Waals surface area contributed by atoms with Gasteiger partial charge >= 0.3 is 5.97 Å². The number of nitrogens with one attached hydrogen (secondary N) is 2. The quantitative estimate of drug-likeness (QED) is 0.0542. The summed E-state index contributed by atoms with van der Waals surface area (Å²) in [6, 6.07) is 3.69. The first-order chi connectivity index (χ1) is 21.5. The SMILES string of the molecule is CCCCCCCCCCCC(=O)NCCCCC(NC(=O)CCCCCCCCCC[n+]1ccc(C)cc1)C(=O)OCC. The highest BCUT2D eigenvalue weighted by Crippen LogP contribution is 2.12. The van der Waals surface area contributed by atoms with Crippen LogP contribution in [-0.2, 0) is 25.7 Å². The number of unbranched alkanes of at least 4 members (excludes halogenated alkanes) is 16. The van der Waals surface area contributed by atoms with E-state index in [1.54, 1.807) is 6.92 Å². The van der Waals surface area contributed by atoms with Crippen LogP contribution in [0.15, 0.2) is 24.5 Å². The number of hydrogen-bond donors (Lipinski definition) is 2. The normalized spacial score (nSPS) is 11.7. The molecule has 0 fully saturated rings. The molecule has 1 heterocycles. The molecule has 2 N–H and O–H groups in total. The van der Waals surface area contributed by atoms with Crippen molar-refractivity contribution in [2.75, 3.05) is 13.2 Å². The van der Waals surface area contributed by atoms with Gasteiger partial charge in [0.2, 0.25) is 11.8 Å².